The highest BCUT2D eigenvalue weighted by molar-refractivity contribution is 5.75. The van der Waals surface area contributed by atoms with Gasteiger partial charge in [0.2, 0.25) is 5.91 Å². The number of nitrogens with two attached hydrogens (primary N) is 1. The summed E-state index contributed by atoms with van der Waals surface area (Å²) in [6.45, 7) is 1.54. The first-order valence-electron chi connectivity index (χ1n) is 6.63. The number of carbonyl (C=O) groups excluding carboxylic acids is 1. The largest absolute Gasteiger partial charge is 0.344 e. The molecular formula is C13H27N3O. The van der Waals surface area contributed by atoms with Gasteiger partial charge >= 0.3 is 0 Å². The van der Waals surface area contributed by atoms with Gasteiger partial charge < -0.3 is 15.5 Å². The van der Waals surface area contributed by atoms with Crippen LogP contribution >= 0.6 is 0 Å². The van der Waals surface area contributed by atoms with E-state index in [-0.39, 0.29) is 11.4 Å². The summed E-state index contributed by atoms with van der Waals surface area (Å²) in [5.41, 5.74) is 5.67. The Kier molecular flexibility index (Phi) is 5.40. The number of unbranched alkanes of at least 4 members (excludes halogenated alkanes) is 1. The Morgan fingerprint density at radius 1 is 1.24 bits per heavy atom. The quantitative estimate of drug-likeness (QED) is 0.678. The van der Waals surface area contributed by atoms with Crippen molar-refractivity contribution in [3.05, 3.63) is 0 Å². The second-order valence-electron chi connectivity index (χ2n) is 5.47. The Morgan fingerprint density at radius 3 is 2.29 bits per heavy atom. The number of hydrogen-bond acceptors (Lipinski definition) is 3. The van der Waals surface area contributed by atoms with Crippen molar-refractivity contribution in [2.24, 2.45) is 5.73 Å². The lowest BCUT2D eigenvalue weighted by atomic mass is 9.75. The molecule has 0 unspecified atom stereocenters. The van der Waals surface area contributed by atoms with E-state index in [0.717, 1.165) is 19.4 Å². The summed E-state index contributed by atoms with van der Waals surface area (Å²) in [5, 5.41) is 0. The third-order valence-corrected chi connectivity index (χ3v) is 4.03. The number of likely N-dealkylation sites (N-methyl/N-ethyl adjacent to an activating group) is 2. The zero-order valence-electron chi connectivity index (χ0n) is 11.5. The predicted octanol–water partition coefficient (Wildman–Crippen LogP) is 1.06. The molecule has 17 heavy (non-hydrogen) atoms. The summed E-state index contributed by atoms with van der Waals surface area (Å²) in [4.78, 5) is 16.1. The average molecular weight is 241 g/mol. The Balaban J connectivity index is 2.37. The molecule has 0 atom stereocenters. The van der Waals surface area contributed by atoms with Gasteiger partial charge in [-0.05, 0) is 52.7 Å². The van der Waals surface area contributed by atoms with Crippen LogP contribution in [0.5, 0.6) is 0 Å². The predicted molar refractivity (Wildman–Crippen MR) is 70.8 cm³/mol. The van der Waals surface area contributed by atoms with E-state index in [9.17, 15) is 4.79 Å². The van der Waals surface area contributed by atoms with Crippen LogP contribution in [0.2, 0.25) is 0 Å². The van der Waals surface area contributed by atoms with Gasteiger partial charge in [-0.1, -0.05) is 0 Å². The van der Waals surface area contributed by atoms with E-state index in [2.05, 4.69) is 19.0 Å². The summed E-state index contributed by atoms with van der Waals surface area (Å²) in [5.74, 6) is 0.256. The normalized spacial score (nSPS) is 17.9. The minimum absolute atomic E-state index is 0.234. The fraction of sp³-hybridized carbons (Fsp3) is 0.923. The van der Waals surface area contributed by atoms with Crippen molar-refractivity contribution in [2.75, 3.05) is 34.2 Å². The minimum Gasteiger partial charge on any atom is -0.344 e. The fourth-order valence-corrected chi connectivity index (χ4v) is 2.47. The molecule has 1 aliphatic rings. The molecule has 1 rings (SSSR count). The lowest BCUT2D eigenvalue weighted by Crippen LogP contribution is -2.57. The van der Waals surface area contributed by atoms with Gasteiger partial charge in [0.25, 0.3) is 0 Å². The lowest BCUT2D eigenvalue weighted by molar-refractivity contribution is -0.132. The molecule has 1 fully saturated rings. The molecule has 1 saturated carbocycles. The van der Waals surface area contributed by atoms with Crippen LogP contribution in [0.15, 0.2) is 0 Å². The first-order chi connectivity index (χ1) is 8.02. The zero-order chi connectivity index (χ0) is 12.9. The molecule has 0 aromatic rings. The molecule has 4 nitrogen and oxygen atoms in total. The van der Waals surface area contributed by atoms with Gasteiger partial charge in [-0.2, -0.15) is 0 Å². The van der Waals surface area contributed by atoms with Crippen LogP contribution in [-0.4, -0.2) is 55.5 Å². The number of amides is 1. The van der Waals surface area contributed by atoms with Gasteiger partial charge in [-0.25, -0.2) is 0 Å². The number of hydrogen-bond donors (Lipinski definition) is 1. The Morgan fingerprint density at radius 2 is 1.88 bits per heavy atom. The van der Waals surface area contributed by atoms with Crippen molar-refractivity contribution in [1.29, 1.82) is 0 Å². The molecule has 1 amide bonds. The SMILES string of the molecule is CN(CC1(N(C)C)CCC1)C(=O)CCCCN. The van der Waals surface area contributed by atoms with Gasteiger partial charge in [0, 0.05) is 25.6 Å². The summed E-state index contributed by atoms with van der Waals surface area (Å²) < 4.78 is 0. The number of nitrogens with zero attached hydrogens (tertiary/aromatic N) is 2. The van der Waals surface area contributed by atoms with Gasteiger partial charge in [0.1, 0.15) is 0 Å². The van der Waals surface area contributed by atoms with Crippen LogP contribution in [0.1, 0.15) is 38.5 Å². The van der Waals surface area contributed by atoms with E-state index in [0.29, 0.717) is 13.0 Å². The van der Waals surface area contributed by atoms with E-state index in [1.54, 1.807) is 0 Å². The molecule has 0 heterocycles. The molecule has 1 aliphatic carbocycles. The maximum absolute atomic E-state index is 11.9. The Hall–Kier alpha value is -0.610. The molecule has 4 heteroatoms. The van der Waals surface area contributed by atoms with E-state index in [4.69, 9.17) is 5.73 Å². The van der Waals surface area contributed by atoms with Gasteiger partial charge in [-0.15, -0.1) is 0 Å². The fourth-order valence-electron chi connectivity index (χ4n) is 2.47. The topological polar surface area (TPSA) is 49.6 Å². The minimum atomic E-state index is 0.234. The standard InChI is InChI=1S/C13H27N3O/c1-15(2)13(8-6-9-13)11-16(3)12(17)7-4-5-10-14/h4-11,14H2,1-3H3. The van der Waals surface area contributed by atoms with Crippen molar-refractivity contribution >= 4 is 5.91 Å². The van der Waals surface area contributed by atoms with Crippen molar-refractivity contribution < 1.29 is 4.79 Å². The molecule has 0 bridgehead atoms. The highest BCUT2D eigenvalue weighted by Gasteiger charge is 2.40. The van der Waals surface area contributed by atoms with E-state index < -0.39 is 0 Å². The third kappa shape index (κ3) is 3.68. The highest BCUT2D eigenvalue weighted by Crippen LogP contribution is 2.36. The molecule has 0 aromatic heterocycles. The highest BCUT2D eigenvalue weighted by atomic mass is 16.2. The molecule has 0 radical (unpaired) electrons. The summed E-state index contributed by atoms with van der Waals surface area (Å²) in [7, 11) is 6.16. The summed E-state index contributed by atoms with van der Waals surface area (Å²) in [6.07, 6.45) is 6.19. The van der Waals surface area contributed by atoms with E-state index in [1.807, 2.05) is 11.9 Å². The molecule has 0 saturated heterocycles. The smallest absolute Gasteiger partial charge is 0.222 e. The van der Waals surface area contributed by atoms with Crippen molar-refractivity contribution in [3.63, 3.8) is 0 Å². The molecule has 0 spiro atoms. The maximum Gasteiger partial charge on any atom is 0.222 e. The lowest BCUT2D eigenvalue weighted by Gasteiger charge is -2.49. The zero-order valence-corrected chi connectivity index (χ0v) is 11.5. The second kappa shape index (κ2) is 6.36. The number of carbonyl (C=O) groups is 1. The van der Waals surface area contributed by atoms with E-state index >= 15 is 0 Å². The Bertz CT molecular complexity index is 249. The Labute approximate surface area is 105 Å². The van der Waals surface area contributed by atoms with Crippen molar-refractivity contribution in [1.82, 2.24) is 9.80 Å². The third-order valence-electron chi connectivity index (χ3n) is 4.03. The van der Waals surface area contributed by atoms with Crippen LogP contribution in [-0.2, 0) is 4.79 Å². The molecule has 100 valence electrons. The first kappa shape index (κ1) is 14.5. The van der Waals surface area contributed by atoms with Crippen LogP contribution in [0, 0.1) is 0 Å². The van der Waals surface area contributed by atoms with Gasteiger partial charge in [-0.3, -0.25) is 4.79 Å². The molecular weight excluding hydrogens is 214 g/mol. The molecule has 2 N–H and O–H groups in total. The van der Waals surface area contributed by atoms with Crippen molar-refractivity contribution in [2.45, 2.75) is 44.1 Å². The van der Waals surface area contributed by atoms with Crippen LogP contribution in [0.4, 0.5) is 0 Å². The van der Waals surface area contributed by atoms with Crippen LogP contribution in [0.25, 0.3) is 0 Å². The average Bonchev–Trinajstić information content (AvgIpc) is 2.22. The van der Waals surface area contributed by atoms with Crippen LogP contribution < -0.4 is 5.73 Å². The summed E-state index contributed by atoms with van der Waals surface area (Å²) >= 11 is 0. The van der Waals surface area contributed by atoms with E-state index in [1.165, 1.54) is 19.3 Å². The molecule has 0 aromatic carbocycles. The maximum atomic E-state index is 11.9. The number of rotatable bonds is 7. The van der Waals surface area contributed by atoms with Crippen LogP contribution in [0.3, 0.4) is 0 Å². The first-order valence-corrected chi connectivity index (χ1v) is 6.63. The van der Waals surface area contributed by atoms with Gasteiger partial charge in [0.15, 0.2) is 0 Å². The van der Waals surface area contributed by atoms with Crippen molar-refractivity contribution in [3.8, 4) is 0 Å². The monoisotopic (exact) mass is 241 g/mol. The molecule has 0 aliphatic heterocycles. The second-order valence-corrected chi connectivity index (χ2v) is 5.47. The van der Waals surface area contributed by atoms with Gasteiger partial charge in [0.05, 0.1) is 0 Å². The summed E-state index contributed by atoms with van der Waals surface area (Å²) in [6, 6.07) is 0.